The molecule has 0 unspecified atom stereocenters. The summed E-state index contributed by atoms with van der Waals surface area (Å²) in [7, 11) is 0. The summed E-state index contributed by atoms with van der Waals surface area (Å²) in [5.41, 5.74) is 2.92. The molecule has 0 saturated heterocycles. The first kappa shape index (κ1) is 17.8. The van der Waals surface area contributed by atoms with E-state index in [1.54, 1.807) is 0 Å². The van der Waals surface area contributed by atoms with Gasteiger partial charge in [0.05, 0.1) is 4.91 Å². The second-order valence-electron chi connectivity index (χ2n) is 6.98. The number of benzene rings is 4. The topological polar surface area (TPSA) is 26.3 Å². The van der Waals surface area contributed by atoms with Crippen molar-refractivity contribution in [3.05, 3.63) is 113 Å². The molecule has 0 spiro atoms. The molecule has 0 fully saturated rings. The maximum absolute atomic E-state index is 12.5. The third-order valence-electron chi connectivity index (χ3n) is 4.97. The maximum Gasteiger partial charge on any atom is 0.200 e. The fourth-order valence-corrected chi connectivity index (χ4v) is 4.49. The molecule has 5 rings (SSSR count). The molecule has 0 aromatic heterocycles. The van der Waals surface area contributed by atoms with Crippen molar-refractivity contribution in [3.8, 4) is 5.75 Å². The first-order valence-electron chi connectivity index (χ1n) is 9.50. The monoisotopic (exact) mass is 394 g/mol. The van der Waals surface area contributed by atoms with E-state index in [4.69, 9.17) is 4.74 Å². The van der Waals surface area contributed by atoms with Crippen LogP contribution in [-0.2, 0) is 6.61 Å². The Morgan fingerprint density at radius 1 is 0.793 bits per heavy atom. The minimum atomic E-state index is 0.0993. The van der Waals surface area contributed by atoms with Crippen molar-refractivity contribution in [2.24, 2.45) is 0 Å². The van der Waals surface area contributed by atoms with Gasteiger partial charge in [0.15, 0.2) is 0 Å². The van der Waals surface area contributed by atoms with Crippen LogP contribution < -0.4 is 4.74 Å². The SMILES string of the molecule is O=C1C(=Cc2ccc(OCc3ccc4ccccc4c3)cc2)Sc2ccccc21. The zero-order chi connectivity index (χ0) is 19.6. The van der Waals surface area contributed by atoms with Crippen molar-refractivity contribution in [2.45, 2.75) is 11.5 Å². The van der Waals surface area contributed by atoms with Crippen molar-refractivity contribution >= 4 is 34.4 Å². The van der Waals surface area contributed by atoms with E-state index >= 15 is 0 Å². The zero-order valence-electron chi connectivity index (χ0n) is 15.7. The number of carbonyl (C=O) groups excluding carboxylic acids is 1. The minimum Gasteiger partial charge on any atom is -0.489 e. The Balaban J connectivity index is 1.27. The number of thioether (sulfide) groups is 1. The van der Waals surface area contributed by atoms with Crippen molar-refractivity contribution in [1.82, 2.24) is 0 Å². The highest BCUT2D eigenvalue weighted by Crippen LogP contribution is 2.40. The lowest BCUT2D eigenvalue weighted by Crippen LogP contribution is -1.95. The van der Waals surface area contributed by atoms with E-state index in [-0.39, 0.29) is 5.78 Å². The Morgan fingerprint density at radius 2 is 1.55 bits per heavy atom. The number of rotatable bonds is 4. The average Bonchev–Trinajstić information content (AvgIpc) is 3.08. The van der Waals surface area contributed by atoms with Gasteiger partial charge in [-0.3, -0.25) is 4.79 Å². The van der Waals surface area contributed by atoms with E-state index < -0.39 is 0 Å². The Bertz CT molecular complexity index is 1240. The fraction of sp³-hybridized carbons (Fsp3) is 0.0385. The summed E-state index contributed by atoms with van der Waals surface area (Å²) in [4.78, 5) is 14.3. The summed E-state index contributed by atoms with van der Waals surface area (Å²) in [5.74, 6) is 0.913. The van der Waals surface area contributed by atoms with Gasteiger partial charge in [0.2, 0.25) is 5.78 Å². The lowest BCUT2D eigenvalue weighted by molar-refractivity contribution is 0.104. The smallest absolute Gasteiger partial charge is 0.200 e. The van der Waals surface area contributed by atoms with Gasteiger partial charge in [-0.1, -0.05) is 72.4 Å². The molecular formula is C26H18O2S. The number of allylic oxidation sites excluding steroid dienone is 1. The van der Waals surface area contributed by atoms with E-state index in [1.807, 2.05) is 66.7 Å². The molecule has 0 radical (unpaired) electrons. The summed E-state index contributed by atoms with van der Waals surface area (Å²) >= 11 is 1.53. The van der Waals surface area contributed by atoms with Crippen LogP contribution in [0, 0.1) is 0 Å². The molecule has 140 valence electrons. The average molecular weight is 394 g/mol. The van der Waals surface area contributed by atoms with Gasteiger partial charge in [0.1, 0.15) is 12.4 Å². The molecular weight excluding hydrogens is 376 g/mol. The minimum absolute atomic E-state index is 0.0993. The molecule has 1 heterocycles. The third-order valence-corrected chi connectivity index (χ3v) is 6.07. The first-order valence-corrected chi connectivity index (χ1v) is 10.3. The molecule has 4 aromatic carbocycles. The van der Waals surface area contributed by atoms with Gasteiger partial charge in [0, 0.05) is 10.5 Å². The van der Waals surface area contributed by atoms with Crippen LogP contribution in [0.4, 0.5) is 0 Å². The molecule has 0 N–H and O–H groups in total. The zero-order valence-corrected chi connectivity index (χ0v) is 16.5. The van der Waals surface area contributed by atoms with Gasteiger partial charge in [-0.25, -0.2) is 0 Å². The van der Waals surface area contributed by atoms with Crippen LogP contribution in [0.25, 0.3) is 16.8 Å². The molecule has 4 aromatic rings. The summed E-state index contributed by atoms with van der Waals surface area (Å²) in [6, 6.07) is 30.3. The van der Waals surface area contributed by atoms with Crippen molar-refractivity contribution in [2.75, 3.05) is 0 Å². The molecule has 1 aliphatic heterocycles. The largest absolute Gasteiger partial charge is 0.489 e. The summed E-state index contributed by atoms with van der Waals surface area (Å²) < 4.78 is 5.94. The number of Topliss-reactive ketones (excluding diaryl/α,β-unsaturated/α-hetero) is 1. The Hall–Kier alpha value is -3.30. The van der Waals surface area contributed by atoms with Crippen LogP contribution in [0.3, 0.4) is 0 Å². The van der Waals surface area contributed by atoms with Crippen molar-refractivity contribution in [1.29, 1.82) is 0 Å². The standard InChI is InChI=1S/C26H18O2S/c27-26-23-7-3-4-8-24(23)29-25(26)16-18-10-13-22(14-11-18)28-17-19-9-12-20-5-1-2-6-21(20)15-19/h1-16H,17H2. The number of ether oxygens (including phenoxy) is 1. The third kappa shape index (κ3) is 3.69. The summed E-state index contributed by atoms with van der Waals surface area (Å²) in [5, 5.41) is 2.45. The Kier molecular flexibility index (Phi) is 4.66. The van der Waals surface area contributed by atoms with Crippen LogP contribution in [0.1, 0.15) is 21.5 Å². The Labute approximate surface area is 173 Å². The molecule has 3 heteroatoms. The highest BCUT2D eigenvalue weighted by molar-refractivity contribution is 8.04. The molecule has 0 atom stereocenters. The predicted molar refractivity (Wildman–Crippen MR) is 119 cm³/mol. The van der Waals surface area contributed by atoms with Crippen LogP contribution in [0.2, 0.25) is 0 Å². The second-order valence-corrected chi connectivity index (χ2v) is 8.06. The molecule has 2 nitrogen and oxygen atoms in total. The van der Waals surface area contributed by atoms with E-state index in [9.17, 15) is 4.79 Å². The molecule has 0 amide bonds. The normalized spacial score (nSPS) is 14.3. The molecule has 29 heavy (non-hydrogen) atoms. The number of hydrogen-bond donors (Lipinski definition) is 0. The van der Waals surface area contributed by atoms with E-state index in [0.29, 0.717) is 6.61 Å². The van der Waals surface area contributed by atoms with Crippen LogP contribution in [0.5, 0.6) is 5.75 Å². The van der Waals surface area contributed by atoms with E-state index in [0.717, 1.165) is 32.2 Å². The van der Waals surface area contributed by atoms with Gasteiger partial charge >= 0.3 is 0 Å². The predicted octanol–water partition coefficient (Wildman–Crippen LogP) is 6.75. The molecule has 0 bridgehead atoms. The fourth-order valence-electron chi connectivity index (χ4n) is 3.44. The lowest BCUT2D eigenvalue weighted by Gasteiger charge is -2.08. The van der Waals surface area contributed by atoms with Crippen LogP contribution in [-0.4, -0.2) is 5.78 Å². The van der Waals surface area contributed by atoms with Crippen LogP contribution >= 0.6 is 11.8 Å². The van der Waals surface area contributed by atoms with Crippen molar-refractivity contribution < 1.29 is 9.53 Å². The van der Waals surface area contributed by atoms with Crippen LogP contribution in [0.15, 0.2) is 101 Å². The first-order chi connectivity index (χ1) is 14.3. The highest BCUT2D eigenvalue weighted by atomic mass is 32.2. The number of fused-ring (bicyclic) bond motifs is 2. The van der Waals surface area contributed by atoms with E-state index in [2.05, 4.69) is 30.3 Å². The Morgan fingerprint density at radius 3 is 2.38 bits per heavy atom. The van der Waals surface area contributed by atoms with Gasteiger partial charge in [-0.05, 0) is 58.3 Å². The van der Waals surface area contributed by atoms with E-state index in [1.165, 1.54) is 22.5 Å². The lowest BCUT2D eigenvalue weighted by atomic mass is 10.1. The van der Waals surface area contributed by atoms with Gasteiger partial charge in [-0.15, -0.1) is 0 Å². The quantitative estimate of drug-likeness (QED) is 0.358. The highest BCUT2D eigenvalue weighted by Gasteiger charge is 2.24. The summed E-state index contributed by atoms with van der Waals surface area (Å²) in [6.45, 7) is 0.523. The van der Waals surface area contributed by atoms with Gasteiger partial charge in [-0.2, -0.15) is 0 Å². The number of ketones is 1. The van der Waals surface area contributed by atoms with Gasteiger partial charge < -0.3 is 4.74 Å². The molecule has 0 aliphatic carbocycles. The summed E-state index contributed by atoms with van der Waals surface area (Å²) in [6.07, 6.45) is 1.94. The van der Waals surface area contributed by atoms with Crippen molar-refractivity contribution in [3.63, 3.8) is 0 Å². The molecule has 1 aliphatic rings. The van der Waals surface area contributed by atoms with Gasteiger partial charge in [0.25, 0.3) is 0 Å². The second kappa shape index (κ2) is 7.61. The maximum atomic E-state index is 12.5. The molecule has 0 saturated carbocycles. The number of carbonyl (C=O) groups is 1. The number of hydrogen-bond acceptors (Lipinski definition) is 3.